The van der Waals surface area contributed by atoms with E-state index < -0.39 is 0 Å². The van der Waals surface area contributed by atoms with Crippen LogP contribution in [0.4, 0.5) is 0 Å². The number of piperidine rings is 1. The van der Waals surface area contributed by atoms with Gasteiger partial charge in [0.05, 0.1) is 20.8 Å². The van der Waals surface area contributed by atoms with Gasteiger partial charge in [0.15, 0.2) is 0 Å². The summed E-state index contributed by atoms with van der Waals surface area (Å²) in [7, 11) is 3.39. The number of ether oxygens (including phenoxy) is 2. The number of rotatable bonds is 8. The van der Waals surface area contributed by atoms with Crippen molar-refractivity contribution in [3.8, 4) is 11.5 Å². The Kier molecular flexibility index (Phi) is 7.12. The Morgan fingerprint density at radius 1 is 1.11 bits per heavy atom. The molecule has 1 aliphatic rings. The maximum atomic E-state index is 10.2. The molecule has 0 radical (unpaired) electrons. The van der Waals surface area contributed by atoms with Crippen molar-refractivity contribution < 1.29 is 14.6 Å². The van der Waals surface area contributed by atoms with E-state index in [0.29, 0.717) is 0 Å². The number of methoxy groups -OCH3 is 2. The van der Waals surface area contributed by atoms with Crippen molar-refractivity contribution in [2.75, 3.05) is 40.5 Å². The van der Waals surface area contributed by atoms with Crippen molar-refractivity contribution in [3.05, 3.63) is 65.7 Å². The molecule has 1 unspecified atom stereocenters. The number of aliphatic hydroxyl groups excluding tert-OH is 1. The Morgan fingerprint density at radius 3 is 2.75 bits per heavy atom. The fraction of sp³-hybridized carbons (Fsp3) is 0.417. The van der Waals surface area contributed by atoms with Crippen molar-refractivity contribution in [2.24, 2.45) is 5.41 Å². The smallest absolute Gasteiger partial charge is 0.126 e. The van der Waals surface area contributed by atoms with Crippen LogP contribution in [-0.4, -0.2) is 50.5 Å². The van der Waals surface area contributed by atoms with E-state index in [2.05, 4.69) is 35.3 Å². The molecule has 28 heavy (non-hydrogen) atoms. The first-order chi connectivity index (χ1) is 13.7. The molecule has 0 saturated carbocycles. The molecular formula is C24H31NO3. The van der Waals surface area contributed by atoms with Crippen LogP contribution in [0.1, 0.15) is 24.0 Å². The molecule has 0 amide bonds. The van der Waals surface area contributed by atoms with Crippen LogP contribution in [-0.2, 0) is 6.42 Å². The molecule has 4 heteroatoms. The van der Waals surface area contributed by atoms with E-state index in [1.165, 1.54) is 5.56 Å². The molecule has 0 aromatic heterocycles. The number of aliphatic hydroxyl groups is 1. The van der Waals surface area contributed by atoms with E-state index >= 15 is 0 Å². The number of hydrogen-bond acceptors (Lipinski definition) is 4. The zero-order valence-corrected chi connectivity index (χ0v) is 16.9. The second-order valence-corrected chi connectivity index (χ2v) is 7.67. The van der Waals surface area contributed by atoms with Crippen LogP contribution >= 0.6 is 0 Å². The summed E-state index contributed by atoms with van der Waals surface area (Å²) in [6.07, 6.45) is 7.33. The summed E-state index contributed by atoms with van der Waals surface area (Å²) >= 11 is 0. The molecule has 1 fully saturated rings. The first-order valence-electron chi connectivity index (χ1n) is 9.94. The van der Waals surface area contributed by atoms with Gasteiger partial charge in [-0.15, -0.1) is 0 Å². The Balaban J connectivity index is 1.65. The number of hydrogen-bond donors (Lipinski definition) is 1. The average Bonchev–Trinajstić information content (AvgIpc) is 2.74. The lowest BCUT2D eigenvalue weighted by atomic mass is 9.75. The predicted octanol–water partition coefficient (Wildman–Crippen LogP) is 4.03. The predicted molar refractivity (Wildman–Crippen MR) is 114 cm³/mol. The van der Waals surface area contributed by atoms with Gasteiger partial charge in [-0.2, -0.15) is 0 Å². The second-order valence-electron chi connectivity index (χ2n) is 7.67. The standard InChI is InChI=1S/C24H31NO3/c1-27-22-11-5-8-20(16-22)17-24(19-26)13-7-15-25(18-24)14-6-10-21-9-3-4-12-23(21)28-2/h3-6,8-12,16,26H,7,13-15,17-19H2,1-2H3. The van der Waals surface area contributed by atoms with Gasteiger partial charge in [0.2, 0.25) is 0 Å². The third-order valence-electron chi connectivity index (χ3n) is 5.59. The van der Waals surface area contributed by atoms with Crippen molar-refractivity contribution in [1.29, 1.82) is 0 Å². The normalized spacial score (nSPS) is 20.4. The quantitative estimate of drug-likeness (QED) is 0.750. The van der Waals surface area contributed by atoms with Crippen LogP contribution in [0.5, 0.6) is 11.5 Å². The van der Waals surface area contributed by atoms with Crippen LogP contribution in [0.3, 0.4) is 0 Å². The first-order valence-corrected chi connectivity index (χ1v) is 9.94. The highest BCUT2D eigenvalue weighted by Crippen LogP contribution is 2.34. The second kappa shape index (κ2) is 9.76. The minimum atomic E-state index is -0.0944. The minimum absolute atomic E-state index is 0.0944. The van der Waals surface area contributed by atoms with Crippen LogP contribution in [0.15, 0.2) is 54.6 Å². The molecule has 1 atom stereocenters. The topological polar surface area (TPSA) is 41.9 Å². The van der Waals surface area contributed by atoms with Gasteiger partial charge in [0.25, 0.3) is 0 Å². The third-order valence-corrected chi connectivity index (χ3v) is 5.59. The lowest BCUT2D eigenvalue weighted by molar-refractivity contribution is 0.0376. The largest absolute Gasteiger partial charge is 0.497 e. The van der Waals surface area contributed by atoms with Gasteiger partial charge in [0.1, 0.15) is 11.5 Å². The summed E-state index contributed by atoms with van der Waals surface area (Å²) in [6.45, 7) is 3.04. The molecule has 2 aromatic rings. The summed E-state index contributed by atoms with van der Waals surface area (Å²) in [4.78, 5) is 2.44. The molecule has 2 aromatic carbocycles. The molecule has 1 heterocycles. The van der Waals surface area contributed by atoms with Gasteiger partial charge in [-0.1, -0.05) is 42.5 Å². The van der Waals surface area contributed by atoms with E-state index in [-0.39, 0.29) is 12.0 Å². The van der Waals surface area contributed by atoms with Crippen molar-refractivity contribution in [1.82, 2.24) is 4.90 Å². The SMILES string of the molecule is COc1cccc(CC2(CO)CCCN(CC=Cc3ccccc3OC)C2)c1. The van der Waals surface area contributed by atoms with Gasteiger partial charge >= 0.3 is 0 Å². The zero-order chi connectivity index (χ0) is 19.8. The Morgan fingerprint density at radius 2 is 1.96 bits per heavy atom. The Hall–Kier alpha value is -2.30. The Bertz CT molecular complexity index is 789. The molecule has 1 aliphatic heterocycles. The van der Waals surface area contributed by atoms with E-state index in [9.17, 15) is 5.11 Å². The summed E-state index contributed by atoms with van der Waals surface area (Å²) in [6, 6.07) is 16.2. The fourth-order valence-electron chi connectivity index (χ4n) is 4.14. The summed E-state index contributed by atoms with van der Waals surface area (Å²) in [5.74, 6) is 1.76. The Labute approximate surface area is 168 Å². The molecule has 0 spiro atoms. The van der Waals surface area contributed by atoms with Crippen molar-refractivity contribution >= 4 is 6.08 Å². The van der Waals surface area contributed by atoms with Gasteiger partial charge in [-0.25, -0.2) is 0 Å². The molecule has 150 valence electrons. The van der Waals surface area contributed by atoms with E-state index in [4.69, 9.17) is 9.47 Å². The van der Waals surface area contributed by atoms with Crippen LogP contribution in [0.25, 0.3) is 6.08 Å². The highest BCUT2D eigenvalue weighted by atomic mass is 16.5. The number of para-hydroxylation sites is 1. The highest BCUT2D eigenvalue weighted by Gasteiger charge is 2.34. The maximum absolute atomic E-state index is 10.2. The zero-order valence-electron chi connectivity index (χ0n) is 16.9. The van der Waals surface area contributed by atoms with Gasteiger partial charge in [0, 0.05) is 24.1 Å². The highest BCUT2D eigenvalue weighted by molar-refractivity contribution is 5.57. The van der Waals surface area contributed by atoms with Gasteiger partial charge in [-0.05, 0) is 49.6 Å². The lowest BCUT2D eigenvalue weighted by Crippen LogP contribution is -2.46. The summed E-state index contributed by atoms with van der Waals surface area (Å²) < 4.78 is 10.8. The molecule has 3 rings (SSSR count). The molecule has 1 N–H and O–H groups in total. The van der Waals surface area contributed by atoms with E-state index in [1.807, 2.05) is 30.3 Å². The van der Waals surface area contributed by atoms with E-state index in [1.54, 1.807) is 14.2 Å². The van der Waals surface area contributed by atoms with Crippen LogP contribution in [0, 0.1) is 5.41 Å². The third kappa shape index (κ3) is 5.15. The lowest BCUT2D eigenvalue weighted by Gasteiger charge is -2.41. The van der Waals surface area contributed by atoms with E-state index in [0.717, 1.165) is 56.0 Å². The molecule has 1 saturated heterocycles. The first kappa shape index (κ1) is 20.4. The molecule has 0 bridgehead atoms. The van der Waals surface area contributed by atoms with Crippen LogP contribution in [0.2, 0.25) is 0 Å². The molecule has 4 nitrogen and oxygen atoms in total. The molecular weight excluding hydrogens is 350 g/mol. The minimum Gasteiger partial charge on any atom is -0.497 e. The molecule has 0 aliphatic carbocycles. The fourth-order valence-corrected chi connectivity index (χ4v) is 4.14. The van der Waals surface area contributed by atoms with Crippen molar-refractivity contribution in [3.63, 3.8) is 0 Å². The van der Waals surface area contributed by atoms with Gasteiger partial charge < -0.3 is 14.6 Å². The number of nitrogens with zero attached hydrogens (tertiary/aromatic N) is 1. The summed E-state index contributed by atoms with van der Waals surface area (Å²) in [5, 5.41) is 10.2. The number of likely N-dealkylation sites (tertiary alicyclic amines) is 1. The maximum Gasteiger partial charge on any atom is 0.126 e. The van der Waals surface area contributed by atoms with Crippen LogP contribution < -0.4 is 9.47 Å². The average molecular weight is 382 g/mol. The number of benzene rings is 2. The monoisotopic (exact) mass is 381 g/mol. The van der Waals surface area contributed by atoms with Crippen molar-refractivity contribution in [2.45, 2.75) is 19.3 Å². The summed E-state index contributed by atoms with van der Waals surface area (Å²) in [5.41, 5.74) is 2.22. The van der Waals surface area contributed by atoms with Gasteiger partial charge in [-0.3, -0.25) is 4.90 Å².